The van der Waals surface area contributed by atoms with E-state index in [0.29, 0.717) is 39.6 Å². The van der Waals surface area contributed by atoms with E-state index in [-0.39, 0.29) is 22.3 Å². The molecule has 1 fully saturated rings. The zero-order chi connectivity index (χ0) is 41.6. The van der Waals surface area contributed by atoms with Gasteiger partial charge < -0.3 is 28.4 Å². The Morgan fingerprint density at radius 2 is 1.50 bits per heavy atom. The highest BCUT2D eigenvalue weighted by Crippen LogP contribution is 2.47. The maximum Gasteiger partial charge on any atom is 0.192 e. The van der Waals surface area contributed by atoms with Crippen LogP contribution in [0.25, 0.3) is 33.4 Å². The SMILES string of the molecule is Cc1noc(-c2ccccc2)c1CSC[C@H]1O[C@@H](n2cc(C#Cc3cnc4ccccc4n3)c3c(N)ncnc32)[C@H](O[Si](C)(C)C(C)(C)C)[C@@H]1O[Si](C)(C)C(C)(C)C. The molecule has 1 aliphatic rings. The van der Waals surface area contributed by atoms with Gasteiger partial charge in [0.2, 0.25) is 0 Å². The molecule has 5 heterocycles. The molecule has 0 radical (unpaired) electrons. The Balaban J connectivity index is 1.30. The number of anilines is 1. The maximum atomic E-state index is 7.47. The van der Waals surface area contributed by atoms with Crippen molar-refractivity contribution in [3.63, 3.8) is 0 Å². The molecule has 14 heteroatoms. The summed E-state index contributed by atoms with van der Waals surface area (Å²) in [6.45, 7) is 24.7. The van der Waals surface area contributed by atoms with E-state index in [1.807, 2.05) is 60.2 Å². The number of hydrogen-bond acceptors (Lipinski definition) is 11. The summed E-state index contributed by atoms with van der Waals surface area (Å²) in [4.78, 5) is 18.5. The van der Waals surface area contributed by atoms with Crippen molar-refractivity contribution in [1.82, 2.24) is 29.7 Å². The lowest BCUT2D eigenvalue weighted by Gasteiger charge is -2.44. The first-order valence-corrected chi connectivity index (χ1v) is 26.8. The molecule has 304 valence electrons. The normalized spacial score (nSPS) is 19.2. The summed E-state index contributed by atoms with van der Waals surface area (Å²) in [6, 6.07) is 17.9. The minimum Gasteiger partial charge on any atom is -0.408 e. The fraction of sp³-hybridized carbons (Fsp3) is 0.432. The number of hydrogen-bond donors (Lipinski definition) is 1. The highest BCUT2D eigenvalue weighted by molar-refractivity contribution is 7.98. The Kier molecular flexibility index (Phi) is 11.5. The number of nitrogen functional groups attached to an aromatic ring is 1. The van der Waals surface area contributed by atoms with Crippen LogP contribution in [0.4, 0.5) is 5.82 Å². The molecule has 1 aliphatic heterocycles. The van der Waals surface area contributed by atoms with Crippen LogP contribution in [0.15, 0.2) is 77.8 Å². The quantitative estimate of drug-likeness (QED) is 0.104. The Labute approximate surface area is 348 Å². The van der Waals surface area contributed by atoms with Crippen molar-refractivity contribution in [3.8, 4) is 23.2 Å². The third-order valence-electron chi connectivity index (χ3n) is 12.0. The zero-order valence-electron chi connectivity index (χ0n) is 35.5. The lowest BCUT2D eigenvalue weighted by molar-refractivity contribution is -0.0244. The molecule has 6 aromatic rings. The second-order valence-corrected chi connectivity index (χ2v) is 28.7. The number of ether oxygens (including phenoxy) is 1. The summed E-state index contributed by atoms with van der Waals surface area (Å²) < 4.78 is 30.0. The summed E-state index contributed by atoms with van der Waals surface area (Å²) in [6.07, 6.45) is 3.39. The van der Waals surface area contributed by atoms with Gasteiger partial charge in [-0.3, -0.25) is 4.98 Å². The topological polar surface area (TPSA) is 136 Å². The molecule has 0 aliphatic carbocycles. The van der Waals surface area contributed by atoms with E-state index in [2.05, 4.69) is 107 Å². The number of para-hydroxylation sites is 2. The molecule has 11 nitrogen and oxygen atoms in total. The van der Waals surface area contributed by atoms with E-state index in [0.717, 1.165) is 33.6 Å². The zero-order valence-corrected chi connectivity index (χ0v) is 38.3. The van der Waals surface area contributed by atoms with E-state index in [1.54, 1.807) is 18.0 Å². The van der Waals surface area contributed by atoms with Gasteiger partial charge in [-0.1, -0.05) is 95.1 Å². The van der Waals surface area contributed by atoms with Crippen molar-refractivity contribution < 1.29 is 18.1 Å². The van der Waals surface area contributed by atoms with Crippen LogP contribution in [-0.2, 0) is 19.3 Å². The first kappa shape index (κ1) is 41.8. The van der Waals surface area contributed by atoms with Gasteiger partial charge >= 0.3 is 0 Å². The second-order valence-electron chi connectivity index (χ2n) is 18.1. The first-order valence-electron chi connectivity index (χ1n) is 19.8. The smallest absolute Gasteiger partial charge is 0.192 e. The summed E-state index contributed by atoms with van der Waals surface area (Å²) >= 11 is 1.79. The average Bonchev–Trinajstić information content (AvgIpc) is 3.83. The molecule has 1 saturated heterocycles. The number of rotatable bonds is 10. The molecule has 4 atom stereocenters. The molecular weight excluding hydrogens is 779 g/mol. The molecule has 7 rings (SSSR count). The van der Waals surface area contributed by atoms with Gasteiger partial charge in [-0.15, -0.1) is 0 Å². The standard InChI is InChI=1S/C44H55N7O4SSi2/c1-28-32(37(53-50-28)29-17-13-12-14-18-29)25-56-26-35-38(54-57(8,9)43(2,3)4)39(55-58(10,11)44(5,6)7)42(52-35)51-24-30(36-40(45)47-27-48-41(36)51)21-22-31-23-46-33-19-15-16-20-34(33)49-31/h12-20,23-24,27,35,38-39,42H,25-26H2,1-11H3,(H2,45,47,48)/t35-,38-,39-,42-/m1/s1. The minimum atomic E-state index is -2.40. The van der Waals surface area contributed by atoms with Crippen molar-refractivity contribution >= 4 is 56.3 Å². The van der Waals surface area contributed by atoms with Gasteiger partial charge in [0, 0.05) is 28.8 Å². The van der Waals surface area contributed by atoms with Gasteiger partial charge in [-0.2, -0.15) is 11.8 Å². The van der Waals surface area contributed by atoms with Gasteiger partial charge in [0.25, 0.3) is 0 Å². The van der Waals surface area contributed by atoms with Crippen LogP contribution in [0.3, 0.4) is 0 Å². The summed E-state index contributed by atoms with van der Waals surface area (Å²) in [5.74, 6) is 9.02. The Morgan fingerprint density at radius 3 is 2.19 bits per heavy atom. The van der Waals surface area contributed by atoms with Crippen LogP contribution in [0.5, 0.6) is 0 Å². The van der Waals surface area contributed by atoms with E-state index < -0.39 is 29.0 Å². The molecule has 58 heavy (non-hydrogen) atoms. The van der Waals surface area contributed by atoms with Crippen LogP contribution in [0.2, 0.25) is 36.3 Å². The number of benzene rings is 2. The number of thioether (sulfide) groups is 1. The van der Waals surface area contributed by atoms with Crippen LogP contribution in [0.1, 0.15) is 70.3 Å². The van der Waals surface area contributed by atoms with E-state index >= 15 is 0 Å². The van der Waals surface area contributed by atoms with Crippen LogP contribution < -0.4 is 5.73 Å². The predicted molar refractivity (Wildman–Crippen MR) is 238 cm³/mol. The fourth-order valence-electron chi connectivity index (χ4n) is 6.57. The largest absolute Gasteiger partial charge is 0.408 e. The highest BCUT2D eigenvalue weighted by atomic mass is 32.2. The predicted octanol–water partition coefficient (Wildman–Crippen LogP) is 9.93. The Hall–Kier alpha value is -4.37. The van der Waals surface area contributed by atoms with Gasteiger partial charge in [-0.05, 0) is 61.2 Å². The monoisotopic (exact) mass is 833 g/mol. The number of aryl methyl sites for hydroxylation is 1. The van der Waals surface area contributed by atoms with Crippen LogP contribution in [0, 0.1) is 18.8 Å². The van der Waals surface area contributed by atoms with E-state index in [4.69, 9.17) is 33.8 Å². The molecule has 0 spiro atoms. The maximum absolute atomic E-state index is 7.47. The van der Waals surface area contributed by atoms with Crippen molar-refractivity contribution in [2.45, 2.75) is 115 Å². The molecular formula is C44H55N7O4SSi2. The van der Waals surface area contributed by atoms with Gasteiger partial charge in [-0.25, -0.2) is 15.0 Å². The van der Waals surface area contributed by atoms with Gasteiger partial charge in [0.05, 0.1) is 40.0 Å². The fourth-order valence-corrected chi connectivity index (χ4v) is 10.3. The number of aromatic nitrogens is 6. The molecule has 0 saturated carbocycles. The third-order valence-corrected chi connectivity index (χ3v) is 22.0. The Bertz CT molecular complexity index is 2480. The van der Waals surface area contributed by atoms with Gasteiger partial charge in [0.1, 0.15) is 35.7 Å². The minimum absolute atomic E-state index is 0.0509. The average molecular weight is 834 g/mol. The first-order chi connectivity index (χ1) is 27.3. The summed E-state index contributed by atoms with van der Waals surface area (Å²) in [5, 5.41) is 4.87. The summed E-state index contributed by atoms with van der Waals surface area (Å²) in [7, 11) is -4.76. The highest BCUT2D eigenvalue weighted by Gasteiger charge is 2.54. The van der Waals surface area contributed by atoms with Crippen molar-refractivity contribution in [3.05, 3.63) is 95.8 Å². The second kappa shape index (κ2) is 16.0. The lowest BCUT2D eigenvalue weighted by Crippen LogP contribution is -2.53. The van der Waals surface area contributed by atoms with Crippen LogP contribution in [-0.4, -0.2) is 70.4 Å². The lowest BCUT2D eigenvalue weighted by atomic mass is 10.1. The van der Waals surface area contributed by atoms with Gasteiger partial charge in [0.15, 0.2) is 28.6 Å². The van der Waals surface area contributed by atoms with E-state index in [9.17, 15) is 0 Å². The molecule has 0 unspecified atom stereocenters. The summed E-state index contributed by atoms with van der Waals surface area (Å²) in [5.41, 5.74) is 13.0. The van der Waals surface area contributed by atoms with Crippen molar-refractivity contribution in [1.29, 1.82) is 0 Å². The molecule has 2 N–H and O–H groups in total. The molecule has 0 amide bonds. The van der Waals surface area contributed by atoms with E-state index in [1.165, 1.54) is 6.33 Å². The number of fused-ring (bicyclic) bond motifs is 2. The van der Waals surface area contributed by atoms with Crippen molar-refractivity contribution in [2.24, 2.45) is 0 Å². The number of nitrogens with zero attached hydrogens (tertiary/aromatic N) is 6. The number of nitrogens with two attached hydrogens (primary N) is 1. The Morgan fingerprint density at radius 1 is 0.845 bits per heavy atom. The van der Waals surface area contributed by atoms with Crippen molar-refractivity contribution in [2.75, 3.05) is 11.5 Å². The molecule has 0 bridgehead atoms. The van der Waals surface area contributed by atoms with Crippen LogP contribution >= 0.6 is 11.8 Å². The molecule has 4 aromatic heterocycles. The third kappa shape index (κ3) is 8.39. The molecule has 2 aromatic carbocycles.